The van der Waals surface area contributed by atoms with Crippen molar-refractivity contribution < 1.29 is 10.2 Å². The molecule has 0 spiro atoms. The Bertz CT molecular complexity index is 154. The maximum absolute atomic E-state index is 9.63. The van der Waals surface area contributed by atoms with E-state index >= 15 is 0 Å². The van der Waals surface area contributed by atoms with E-state index in [1.54, 1.807) is 0 Å². The summed E-state index contributed by atoms with van der Waals surface area (Å²) in [6, 6.07) is 0. The van der Waals surface area contributed by atoms with Crippen molar-refractivity contribution in [1.29, 1.82) is 0 Å². The summed E-state index contributed by atoms with van der Waals surface area (Å²) in [5.41, 5.74) is 0. The lowest BCUT2D eigenvalue weighted by Crippen LogP contribution is -2.24. The molecule has 12 heavy (non-hydrogen) atoms. The molecule has 0 fully saturated rings. The van der Waals surface area contributed by atoms with E-state index in [4.69, 9.17) is 5.11 Å². The van der Waals surface area contributed by atoms with Crippen LogP contribution in [0, 0.1) is 11.8 Å². The van der Waals surface area contributed by atoms with Gasteiger partial charge in [-0.1, -0.05) is 19.1 Å². The van der Waals surface area contributed by atoms with Gasteiger partial charge >= 0.3 is 0 Å². The zero-order valence-electron chi connectivity index (χ0n) is 7.61. The average Bonchev–Trinajstić information content (AvgIpc) is 2.03. The van der Waals surface area contributed by atoms with E-state index in [0.29, 0.717) is 5.92 Å². The molecule has 2 N–H and O–H groups in total. The van der Waals surface area contributed by atoms with Gasteiger partial charge < -0.3 is 10.2 Å². The lowest BCUT2D eigenvalue weighted by molar-refractivity contribution is 0.0951. The Morgan fingerprint density at radius 1 is 1.42 bits per heavy atom. The Balaban J connectivity index is 2.37. The Kier molecular flexibility index (Phi) is 3.76. The van der Waals surface area contributed by atoms with Gasteiger partial charge in [0.25, 0.3) is 0 Å². The predicted molar refractivity (Wildman–Crippen MR) is 48.7 cm³/mol. The van der Waals surface area contributed by atoms with Crippen LogP contribution in [-0.4, -0.2) is 22.9 Å². The van der Waals surface area contributed by atoms with Gasteiger partial charge in [-0.3, -0.25) is 0 Å². The molecule has 0 aromatic rings. The number of aliphatic hydroxyl groups is 2. The van der Waals surface area contributed by atoms with Gasteiger partial charge in [-0.25, -0.2) is 0 Å². The van der Waals surface area contributed by atoms with Crippen molar-refractivity contribution in [2.75, 3.05) is 6.61 Å². The normalized spacial score (nSPS) is 35.4. The van der Waals surface area contributed by atoms with Crippen LogP contribution in [-0.2, 0) is 0 Å². The van der Waals surface area contributed by atoms with Crippen LogP contribution >= 0.6 is 0 Å². The molecule has 0 aliphatic heterocycles. The molecule has 0 radical (unpaired) electrons. The van der Waals surface area contributed by atoms with Crippen LogP contribution in [0.4, 0.5) is 0 Å². The maximum Gasteiger partial charge on any atom is 0.0608 e. The third-order valence-electron chi connectivity index (χ3n) is 2.49. The van der Waals surface area contributed by atoms with E-state index < -0.39 is 0 Å². The Morgan fingerprint density at radius 3 is 2.75 bits per heavy atom. The van der Waals surface area contributed by atoms with Crippen molar-refractivity contribution in [3.8, 4) is 0 Å². The molecule has 2 heteroatoms. The molecule has 1 rings (SSSR count). The molecule has 0 saturated heterocycles. The van der Waals surface area contributed by atoms with Crippen molar-refractivity contribution in [3.63, 3.8) is 0 Å². The number of rotatable bonds is 3. The van der Waals surface area contributed by atoms with Crippen molar-refractivity contribution in [2.45, 2.75) is 32.3 Å². The van der Waals surface area contributed by atoms with Crippen LogP contribution in [0.1, 0.15) is 26.2 Å². The quantitative estimate of drug-likeness (QED) is 0.627. The lowest BCUT2D eigenvalue weighted by atomic mass is 9.84. The zero-order valence-corrected chi connectivity index (χ0v) is 7.61. The van der Waals surface area contributed by atoms with Crippen LogP contribution < -0.4 is 0 Å². The Hall–Kier alpha value is -0.340. The van der Waals surface area contributed by atoms with Crippen molar-refractivity contribution >= 4 is 0 Å². The summed E-state index contributed by atoms with van der Waals surface area (Å²) in [7, 11) is 0. The van der Waals surface area contributed by atoms with Crippen LogP contribution in [0.15, 0.2) is 12.2 Å². The van der Waals surface area contributed by atoms with Crippen molar-refractivity contribution in [1.82, 2.24) is 0 Å². The minimum absolute atomic E-state index is 0.198. The first-order valence-corrected chi connectivity index (χ1v) is 4.71. The first kappa shape index (κ1) is 9.75. The molecular weight excluding hydrogens is 152 g/mol. The summed E-state index contributed by atoms with van der Waals surface area (Å²) in [5.74, 6) is 0.777. The van der Waals surface area contributed by atoms with Gasteiger partial charge in [-0.15, -0.1) is 0 Å². The molecule has 70 valence electrons. The molecule has 0 heterocycles. The third kappa shape index (κ3) is 2.61. The second-order valence-electron chi connectivity index (χ2n) is 3.69. The molecule has 2 nitrogen and oxygen atoms in total. The summed E-state index contributed by atoms with van der Waals surface area (Å²) in [6.45, 7) is 2.34. The minimum atomic E-state index is -0.198. The van der Waals surface area contributed by atoms with Gasteiger partial charge in [-0.05, 0) is 25.2 Å². The van der Waals surface area contributed by atoms with Gasteiger partial charge in [0.15, 0.2) is 0 Å². The van der Waals surface area contributed by atoms with Crippen LogP contribution in [0.5, 0.6) is 0 Å². The zero-order chi connectivity index (χ0) is 8.97. The van der Waals surface area contributed by atoms with E-state index in [-0.39, 0.29) is 18.6 Å². The van der Waals surface area contributed by atoms with E-state index in [1.165, 1.54) is 0 Å². The highest BCUT2D eigenvalue weighted by atomic mass is 16.3. The average molecular weight is 170 g/mol. The van der Waals surface area contributed by atoms with E-state index in [1.807, 2.05) is 0 Å². The molecule has 1 unspecified atom stereocenters. The summed E-state index contributed by atoms with van der Waals surface area (Å²) in [4.78, 5) is 0. The van der Waals surface area contributed by atoms with Crippen LogP contribution in [0.3, 0.4) is 0 Å². The molecule has 0 aromatic carbocycles. The first-order chi connectivity index (χ1) is 5.74. The molecule has 0 aromatic heterocycles. The summed E-state index contributed by atoms with van der Waals surface area (Å²) < 4.78 is 0. The number of aliphatic hydroxyl groups excluding tert-OH is 2. The van der Waals surface area contributed by atoms with Crippen LogP contribution in [0.25, 0.3) is 0 Å². The standard InChI is InChI=1S/C10H18O2/c1-8-4-5-9(3-2-6-11)10(12)7-8/h4-5,8-12H,2-3,6-7H2,1H3/t8-,9+,10?/m1/s1. The predicted octanol–water partition coefficient (Wildman–Crippen LogP) is 1.33. The monoisotopic (exact) mass is 170 g/mol. The van der Waals surface area contributed by atoms with E-state index in [9.17, 15) is 5.11 Å². The van der Waals surface area contributed by atoms with E-state index in [2.05, 4.69) is 19.1 Å². The molecule has 0 amide bonds. The smallest absolute Gasteiger partial charge is 0.0608 e. The molecule has 3 atom stereocenters. The number of hydrogen-bond acceptors (Lipinski definition) is 2. The van der Waals surface area contributed by atoms with Gasteiger partial charge in [-0.2, -0.15) is 0 Å². The van der Waals surface area contributed by atoms with Gasteiger partial charge in [0.1, 0.15) is 0 Å². The second kappa shape index (κ2) is 4.63. The lowest BCUT2D eigenvalue weighted by Gasteiger charge is -2.26. The van der Waals surface area contributed by atoms with Crippen LogP contribution in [0.2, 0.25) is 0 Å². The molecular formula is C10H18O2. The van der Waals surface area contributed by atoms with E-state index in [0.717, 1.165) is 19.3 Å². The summed E-state index contributed by atoms with van der Waals surface area (Å²) >= 11 is 0. The highest BCUT2D eigenvalue weighted by molar-refractivity contribution is 5.00. The second-order valence-corrected chi connectivity index (χ2v) is 3.69. The third-order valence-corrected chi connectivity index (χ3v) is 2.49. The Morgan fingerprint density at radius 2 is 2.17 bits per heavy atom. The fraction of sp³-hybridized carbons (Fsp3) is 0.800. The molecule has 1 aliphatic rings. The largest absolute Gasteiger partial charge is 0.396 e. The number of allylic oxidation sites excluding steroid dienone is 1. The summed E-state index contributed by atoms with van der Waals surface area (Å²) in [5, 5.41) is 18.3. The Labute approximate surface area is 73.9 Å². The fourth-order valence-electron chi connectivity index (χ4n) is 1.71. The highest BCUT2D eigenvalue weighted by Gasteiger charge is 2.21. The maximum atomic E-state index is 9.63. The minimum Gasteiger partial charge on any atom is -0.396 e. The topological polar surface area (TPSA) is 40.5 Å². The molecule has 0 saturated carbocycles. The SMILES string of the molecule is C[C@@H]1C=C[C@H](CCCO)C(O)C1. The molecule has 1 aliphatic carbocycles. The van der Waals surface area contributed by atoms with Crippen molar-refractivity contribution in [3.05, 3.63) is 12.2 Å². The van der Waals surface area contributed by atoms with Gasteiger partial charge in [0, 0.05) is 12.5 Å². The van der Waals surface area contributed by atoms with Crippen molar-refractivity contribution in [2.24, 2.45) is 11.8 Å². The highest BCUT2D eigenvalue weighted by Crippen LogP contribution is 2.25. The number of hydrogen-bond donors (Lipinski definition) is 2. The molecule has 0 bridgehead atoms. The fourth-order valence-corrected chi connectivity index (χ4v) is 1.71. The van der Waals surface area contributed by atoms with Gasteiger partial charge in [0.05, 0.1) is 6.10 Å². The first-order valence-electron chi connectivity index (χ1n) is 4.71. The van der Waals surface area contributed by atoms with Gasteiger partial charge in [0.2, 0.25) is 0 Å². The summed E-state index contributed by atoms with van der Waals surface area (Å²) in [6.07, 6.45) is 6.62.